The van der Waals surface area contributed by atoms with Gasteiger partial charge in [0.1, 0.15) is 18.0 Å². The quantitative estimate of drug-likeness (QED) is 0.443. The van der Waals surface area contributed by atoms with Crippen molar-refractivity contribution in [1.29, 1.82) is 0 Å². The number of hydrogen-bond donors (Lipinski definition) is 1. The van der Waals surface area contributed by atoms with Crippen LogP contribution >= 0.6 is 11.3 Å². The Hall–Kier alpha value is -3.53. The van der Waals surface area contributed by atoms with Crippen molar-refractivity contribution in [2.45, 2.75) is 13.2 Å². The molecule has 3 aromatic rings. The van der Waals surface area contributed by atoms with Crippen LogP contribution in [0.5, 0.6) is 11.5 Å². The van der Waals surface area contributed by atoms with Crippen LogP contribution in [-0.4, -0.2) is 22.9 Å². The van der Waals surface area contributed by atoms with E-state index in [9.17, 15) is 19.3 Å². The number of thiazole rings is 1. The Bertz CT molecular complexity index is 1030. The Morgan fingerprint density at radius 2 is 2.14 bits per heavy atom. The molecule has 1 N–H and O–H groups in total. The third-order valence-corrected chi connectivity index (χ3v) is 4.56. The first-order valence-corrected chi connectivity index (χ1v) is 9.31. The van der Waals surface area contributed by atoms with Crippen molar-refractivity contribution in [3.63, 3.8) is 0 Å². The molecule has 0 saturated carbocycles. The minimum atomic E-state index is -0.690. The SMILES string of the molecule is COc1cc(C(=O)NCc2cccc(F)c2)c([N+](=O)[O-])cc1OCc1cscn1. The lowest BCUT2D eigenvalue weighted by molar-refractivity contribution is -0.385. The summed E-state index contributed by atoms with van der Waals surface area (Å²) in [4.78, 5) is 27.4. The molecule has 1 heterocycles. The van der Waals surface area contributed by atoms with Crippen LogP contribution in [0.1, 0.15) is 21.6 Å². The molecule has 150 valence electrons. The van der Waals surface area contributed by atoms with E-state index in [1.165, 1.54) is 42.7 Å². The van der Waals surface area contributed by atoms with E-state index in [-0.39, 0.29) is 30.2 Å². The molecule has 8 nitrogen and oxygen atoms in total. The summed E-state index contributed by atoms with van der Waals surface area (Å²) in [7, 11) is 1.37. The Morgan fingerprint density at radius 3 is 2.79 bits per heavy atom. The van der Waals surface area contributed by atoms with Gasteiger partial charge in [0.2, 0.25) is 0 Å². The average Bonchev–Trinajstić information content (AvgIpc) is 3.23. The lowest BCUT2D eigenvalue weighted by Crippen LogP contribution is -2.24. The van der Waals surface area contributed by atoms with Crippen molar-refractivity contribution < 1.29 is 23.6 Å². The first kappa shape index (κ1) is 20.2. The predicted molar refractivity (Wildman–Crippen MR) is 104 cm³/mol. The summed E-state index contributed by atoms with van der Waals surface area (Å²) in [5.41, 5.74) is 2.21. The molecule has 0 spiro atoms. The van der Waals surface area contributed by atoms with Crippen LogP contribution in [0, 0.1) is 15.9 Å². The highest BCUT2D eigenvalue weighted by molar-refractivity contribution is 7.07. The maximum absolute atomic E-state index is 13.3. The minimum absolute atomic E-state index is 0.0120. The van der Waals surface area contributed by atoms with Gasteiger partial charge in [0.25, 0.3) is 11.6 Å². The average molecular weight is 417 g/mol. The summed E-state index contributed by atoms with van der Waals surface area (Å²) in [5.74, 6) is -0.841. The number of rotatable bonds is 8. The lowest BCUT2D eigenvalue weighted by Gasteiger charge is -2.12. The zero-order chi connectivity index (χ0) is 20.8. The number of hydrogen-bond acceptors (Lipinski definition) is 7. The van der Waals surface area contributed by atoms with E-state index in [0.29, 0.717) is 11.3 Å². The topological polar surface area (TPSA) is 104 Å². The van der Waals surface area contributed by atoms with Gasteiger partial charge in [-0.15, -0.1) is 11.3 Å². The summed E-state index contributed by atoms with van der Waals surface area (Å²) < 4.78 is 24.1. The summed E-state index contributed by atoms with van der Waals surface area (Å²) in [6, 6.07) is 8.08. The van der Waals surface area contributed by atoms with Crippen molar-refractivity contribution in [2.75, 3.05) is 7.11 Å². The molecule has 29 heavy (non-hydrogen) atoms. The standard InChI is InChI=1S/C19H16FN3O5S/c1-27-17-6-15(19(24)21-8-12-3-2-4-13(20)5-12)16(23(25)26)7-18(17)28-9-14-10-29-11-22-14/h2-7,10-11H,8-9H2,1H3,(H,21,24). The monoisotopic (exact) mass is 417 g/mol. The molecule has 0 radical (unpaired) electrons. The highest BCUT2D eigenvalue weighted by atomic mass is 32.1. The fourth-order valence-electron chi connectivity index (χ4n) is 2.54. The minimum Gasteiger partial charge on any atom is -0.493 e. The van der Waals surface area contributed by atoms with Gasteiger partial charge in [-0.25, -0.2) is 9.37 Å². The second kappa shape index (κ2) is 9.11. The number of nitro groups is 1. The van der Waals surface area contributed by atoms with E-state index in [1.807, 2.05) is 0 Å². The Morgan fingerprint density at radius 1 is 1.31 bits per heavy atom. The van der Waals surface area contributed by atoms with Gasteiger partial charge in [-0.1, -0.05) is 12.1 Å². The molecule has 2 aromatic carbocycles. The number of nitro benzene ring substituents is 1. The molecule has 0 bridgehead atoms. The molecule has 0 fully saturated rings. The summed E-state index contributed by atoms with van der Waals surface area (Å²) in [5, 5.41) is 15.8. The molecule has 0 aliphatic carbocycles. The molecular weight excluding hydrogens is 401 g/mol. The molecule has 3 rings (SSSR count). The zero-order valence-electron chi connectivity index (χ0n) is 15.3. The van der Waals surface area contributed by atoms with Crippen LogP contribution in [0.2, 0.25) is 0 Å². The number of aromatic nitrogens is 1. The van der Waals surface area contributed by atoms with Crippen LogP contribution in [0.4, 0.5) is 10.1 Å². The molecule has 1 aromatic heterocycles. The van der Waals surface area contributed by atoms with E-state index >= 15 is 0 Å². The van der Waals surface area contributed by atoms with Crippen molar-refractivity contribution in [2.24, 2.45) is 0 Å². The van der Waals surface area contributed by atoms with Crippen LogP contribution in [0.25, 0.3) is 0 Å². The molecule has 0 atom stereocenters. The number of carbonyl (C=O) groups is 1. The smallest absolute Gasteiger partial charge is 0.286 e. The largest absolute Gasteiger partial charge is 0.493 e. The number of halogens is 1. The number of nitrogens with zero attached hydrogens (tertiary/aromatic N) is 2. The maximum atomic E-state index is 13.3. The van der Waals surface area contributed by atoms with Crippen LogP contribution in [0.15, 0.2) is 47.3 Å². The lowest BCUT2D eigenvalue weighted by atomic mass is 10.1. The van der Waals surface area contributed by atoms with Gasteiger partial charge in [0.15, 0.2) is 11.5 Å². The molecule has 0 aliphatic rings. The van der Waals surface area contributed by atoms with E-state index in [0.717, 1.165) is 6.07 Å². The number of carbonyl (C=O) groups excluding carboxylic acids is 1. The number of benzene rings is 2. The van der Waals surface area contributed by atoms with E-state index in [4.69, 9.17) is 9.47 Å². The molecule has 10 heteroatoms. The van der Waals surface area contributed by atoms with Gasteiger partial charge in [-0.2, -0.15) is 0 Å². The highest BCUT2D eigenvalue weighted by Crippen LogP contribution is 2.35. The molecular formula is C19H16FN3O5S. The first-order valence-electron chi connectivity index (χ1n) is 8.37. The number of nitrogens with one attached hydrogen (secondary N) is 1. The molecule has 0 saturated heterocycles. The number of amides is 1. The summed E-state index contributed by atoms with van der Waals surface area (Å²) in [6.07, 6.45) is 0. The highest BCUT2D eigenvalue weighted by Gasteiger charge is 2.25. The van der Waals surface area contributed by atoms with Gasteiger partial charge >= 0.3 is 0 Å². The van der Waals surface area contributed by atoms with Gasteiger partial charge < -0.3 is 14.8 Å². The zero-order valence-corrected chi connectivity index (χ0v) is 16.1. The third kappa shape index (κ3) is 5.05. The van der Waals surface area contributed by atoms with E-state index < -0.39 is 22.3 Å². The van der Waals surface area contributed by atoms with Crippen molar-refractivity contribution in [1.82, 2.24) is 10.3 Å². The second-order valence-corrected chi connectivity index (χ2v) is 6.58. The van der Waals surface area contributed by atoms with Crippen LogP contribution in [0.3, 0.4) is 0 Å². The molecule has 0 aliphatic heterocycles. The first-order chi connectivity index (χ1) is 14.0. The maximum Gasteiger partial charge on any atom is 0.286 e. The van der Waals surface area contributed by atoms with Crippen molar-refractivity contribution in [3.8, 4) is 11.5 Å². The van der Waals surface area contributed by atoms with Gasteiger partial charge in [-0.05, 0) is 17.7 Å². The van der Waals surface area contributed by atoms with E-state index in [1.54, 1.807) is 17.0 Å². The third-order valence-electron chi connectivity index (χ3n) is 3.92. The molecule has 1 amide bonds. The Kier molecular flexibility index (Phi) is 6.35. The summed E-state index contributed by atoms with van der Waals surface area (Å²) >= 11 is 1.40. The van der Waals surface area contributed by atoms with Crippen LogP contribution < -0.4 is 14.8 Å². The van der Waals surface area contributed by atoms with Gasteiger partial charge in [-0.3, -0.25) is 14.9 Å². The summed E-state index contributed by atoms with van der Waals surface area (Å²) in [6.45, 7) is 0.111. The second-order valence-electron chi connectivity index (χ2n) is 5.86. The van der Waals surface area contributed by atoms with E-state index in [2.05, 4.69) is 10.3 Å². The Balaban J connectivity index is 1.82. The fourth-order valence-corrected chi connectivity index (χ4v) is 3.08. The molecule has 0 unspecified atom stereocenters. The predicted octanol–water partition coefficient (Wildman–Crippen LogP) is 3.71. The normalized spacial score (nSPS) is 10.4. The number of ether oxygens (including phenoxy) is 2. The van der Waals surface area contributed by atoms with Crippen LogP contribution in [-0.2, 0) is 13.2 Å². The van der Waals surface area contributed by atoms with Gasteiger partial charge in [0, 0.05) is 18.0 Å². The Labute approximate surface area is 169 Å². The van der Waals surface area contributed by atoms with Crippen molar-refractivity contribution >= 4 is 22.9 Å². The van der Waals surface area contributed by atoms with Gasteiger partial charge in [0.05, 0.1) is 29.3 Å². The van der Waals surface area contributed by atoms with Crippen molar-refractivity contribution in [3.05, 3.63) is 80.0 Å². The number of methoxy groups -OCH3 is 1. The fraction of sp³-hybridized carbons (Fsp3) is 0.158.